The van der Waals surface area contributed by atoms with Crippen LogP contribution in [0.2, 0.25) is 0 Å². The molecule has 1 saturated heterocycles. The van der Waals surface area contributed by atoms with Crippen LogP contribution in [-0.2, 0) is 33.6 Å². The zero-order valence-electron chi connectivity index (χ0n) is 19.3. The first kappa shape index (κ1) is 23.9. The smallest absolute Gasteiger partial charge is 0.247 e. The summed E-state index contributed by atoms with van der Waals surface area (Å²) < 4.78 is 0. The van der Waals surface area contributed by atoms with E-state index < -0.39 is 12.1 Å². The van der Waals surface area contributed by atoms with E-state index in [0.717, 1.165) is 30.5 Å². The molecule has 1 aliphatic heterocycles. The molecule has 2 aliphatic rings. The van der Waals surface area contributed by atoms with Crippen molar-refractivity contribution in [3.8, 4) is 0 Å². The number of nitrogens with zero attached hydrogens (tertiary/aromatic N) is 1. The highest BCUT2D eigenvalue weighted by Gasteiger charge is 2.41. The highest BCUT2D eigenvalue weighted by atomic mass is 16.2. The first-order valence-corrected chi connectivity index (χ1v) is 12.0. The van der Waals surface area contributed by atoms with Gasteiger partial charge in [-0.25, -0.2) is 0 Å². The Morgan fingerprint density at radius 2 is 1.82 bits per heavy atom. The number of likely N-dealkylation sites (tertiary alicyclic amines) is 1. The van der Waals surface area contributed by atoms with E-state index in [4.69, 9.17) is 11.5 Å². The van der Waals surface area contributed by atoms with Crippen LogP contribution >= 0.6 is 0 Å². The lowest BCUT2D eigenvalue weighted by atomic mass is 10.0. The number of fused-ring (bicyclic) bond motifs is 1. The van der Waals surface area contributed by atoms with Gasteiger partial charge in [-0.05, 0) is 67.3 Å². The van der Waals surface area contributed by atoms with Crippen molar-refractivity contribution in [3.05, 3.63) is 65.2 Å². The van der Waals surface area contributed by atoms with Gasteiger partial charge in [0.05, 0.1) is 12.6 Å². The molecule has 34 heavy (non-hydrogen) atoms. The number of rotatable bonds is 8. The average Bonchev–Trinajstić information content (AvgIpc) is 3.49. The van der Waals surface area contributed by atoms with Gasteiger partial charge in [0, 0.05) is 18.3 Å². The third-order valence-corrected chi connectivity index (χ3v) is 6.71. The van der Waals surface area contributed by atoms with E-state index in [9.17, 15) is 14.4 Å². The van der Waals surface area contributed by atoms with Crippen LogP contribution in [-0.4, -0.2) is 53.8 Å². The Morgan fingerprint density at radius 3 is 2.59 bits per heavy atom. The first-order valence-electron chi connectivity index (χ1n) is 12.0. The summed E-state index contributed by atoms with van der Waals surface area (Å²) in [7, 11) is 0. The summed E-state index contributed by atoms with van der Waals surface area (Å²) >= 11 is 0. The largest absolute Gasteiger partial charge is 0.350 e. The van der Waals surface area contributed by atoms with Crippen LogP contribution in [0.25, 0.3) is 0 Å². The van der Waals surface area contributed by atoms with Gasteiger partial charge in [-0.2, -0.15) is 0 Å². The van der Waals surface area contributed by atoms with Crippen LogP contribution in [0.5, 0.6) is 0 Å². The van der Waals surface area contributed by atoms with E-state index in [1.807, 2.05) is 42.5 Å². The fourth-order valence-corrected chi connectivity index (χ4v) is 4.90. The zero-order valence-corrected chi connectivity index (χ0v) is 19.3. The number of nitrogens with two attached hydrogens (primary N) is 2. The van der Waals surface area contributed by atoms with Crippen LogP contribution in [0, 0.1) is 0 Å². The fraction of sp³-hybridized carbons (Fsp3) is 0.423. The lowest BCUT2D eigenvalue weighted by Crippen LogP contribution is -2.50. The summed E-state index contributed by atoms with van der Waals surface area (Å²) in [6, 6.07) is 14.0. The number of anilines is 1. The molecule has 4 rings (SSSR count). The molecule has 8 heteroatoms. The minimum Gasteiger partial charge on any atom is -0.350 e. The third-order valence-electron chi connectivity index (χ3n) is 6.71. The van der Waals surface area contributed by atoms with Gasteiger partial charge >= 0.3 is 0 Å². The maximum absolute atomic E-state index is 13.3. The molecule has 1 heterocycles. The van der Waals surface area contributed by atoms with Gasteiger partial charge < -0.3 is 27.0 Å². The van der Waals surface area contributed by atoms with Gasteiger partial charge in [0.25, 0.3) is 0 Å². The third kappa shape index (κ3) is 5.63. The molecule has 0 saturated carbocycles. The van der Waals surface area contributed by atoms with Crippen molar-refractivity contribution in [1.29, 1.82) is 0 Å². The van der Waals surface area contributed by atoms with Gasteiger partial charge in [-0.3, -0.25) is 14.4 Å². The SMILES string of the molecule is NCC(=O)N[C@@H]1C[C@@H](C(=O)Nc2ccc3c(c2)CCC3)N(C(=O)[C@H](N)CCc2ccccc2)C1. The maximum atomic E-state index is 13.3. The molecule has 1 aliphatic carbocycles. The van der Waals surface area contributed by atoms with Gasteiger partial charge in [-0.15, -0.1) is 0 Å². The predicted octanol–water partition coefficient (Wildman–Crippen LogP) is 1.12. The number of carbonyl (C=O) groups excluding carboxylic acids is 3. The van der Waals surface area contributed by atoms with E-state index >= 15 is 0 Å². The molecule has 0 unspecified atom stereocenters. The number of hydrogen-bond donors (Lipinski definition) is 4. The minimum absolute atomic E-state index is 0.146. The molecule has 0 spiro atoms. The fourth-order valence-electron chi connectivity index (χ4n) is 4.90. The topological polar surface area (TPSA) is 131 Å². The molecule has 2 aromatic carbocycles. The number of hydrogen-bond acceptors (Lipinski definition) is 5. The molecule has 180 valence electrons. The lowest BCUT2D eigenvalue weighted by molar-refractivity contribution is -0.137. The van der Waals surface area contributed by atoms with Crippen LogP contribution in [0.1, 0.15) is 36.0 Å². The Kier molecular flexibility index (Phi) is 7.59. The Balaban J connectivity index is 1.45. The van der Waals surface area contributed by atoms with Gasteiger partial charge in [0.2, 0.25) is 17.7 Å². The van der Waals surface area contributed by atoms with Crippen molar-refractivity contribution >= 4 is 23.4 Å². The Bertz CT molecular complexity index is 1040. The Hall–Kier alpha value is -3.23. The van der Waals surface area contributed by atoms with E-state index in [0.29, 0.717) is 19.3 Å². The predicted molar refractivity (Wildman–Crippen MR) is 131 cm³/mol. The molecular formula is C26H33N5O3. The molecule has 2 aromatic rings. The standard InChI is InChI=1S/C26H33N5O3/c27-15-24(32)29-21-14-23(25(33)30-20-11-10-18-7-4-8-19(18)13-20)31(16-21)26(34)22(28)12-9-17-5-2-1-3-6-17/h1-3,5-6,10-11,13,21-23H,4,7-9,12,14-16,27-28H2,(H,29,32)(H,30,33)/t21-,22-,23+/m1/s1. The highest BCUT2D eigenvalue weighted by Crippen LogP contribution is 2.26. The van der Waals surface area contributed by atoms with Crippen molar-refractivity contribution in [2.45, 2.75) is 56.7 Å². The summed E-state index contributed by atoms with van der Waals surface area (Å²) in [4.78, 5) is 39.9. The van der Waals surface area contributed by atoms with Gasteiger partial charge in [-0.1, -0.05) is 36.4 Å². The summed E-state index contributed by atoms with van der Waals surface area (Å²) in [5.74, 6) is -0.869. The average molecular weight is 464 g/mol. The second-order valence-electron chi connectivity index (χ2n) is 9.17. The van der Waals surface area contributed by atoms with Crippen molar-refractivity contribution in [2.75, 3.05) is 18.4 Å². The summed E-state index contributed by atoms with van der Waals surface area (Å²) in [5.41, 5.74) is 16.1. The molecule has 3 atom stereocenters. The quantitative estimate of drug-likeness (QED) is 0.466. The number of carbonyl (C=O) groups is 3. The first-order chi connectivity index (χ1) is 16.4. The number of benzene rings is 2. The van der Waals surface area contributed by atoms with Crippen LogP contribution < -0.4 is 22.1 Å². The van der Waals surface area contributed by atoms with E-state index in [1.54, 1.807) is 0 Å². The van der Waals surface area contributed by atoms with E-state index in [1.165, 1.54) is 16.0 Å². The monoisotopic (exact) mass is 463 g/mol. The second kappa shape index (κ2) is 10.8. The molecule has 1 fully saturated rings. The van der Waals surface area contributed by atoms with Crippen LogP contribution in [0.4, 0.5) is 5.69 Å². The van der Waals surface area contributed by atoms with Crippen LogP contribution in [0.15, 0.2) is 48.5 Å². The Labute approximate surface area is 200 Å². The van der Waals surface area contributed by atoms with E-state index in [-0.39, 0.29) is 36.9 Å². The number of amides is 3. The minimum atomic E-state index is -0.737. The van der Waals surface area contributed by atoms with Gasteiger partial charge in [0.1, 0.15) is 6.04 Å². The van der Waals surface area contributed by atoms with Crippen molar-refractivity contribution in [3.63, 3.8) is 0 Å². The summed E-state index contributed by atoms with van der Waals surface area (Å²) in [5, 5.41) is 5.79. The van der Waals surface area contributed by atoms with Crippen molar-refractivity contribution in [1.82, 2.24) is 10.2 Å². The summed E-state index contributed by atoms with van der Waals surface area (Å²) in [6.45, 7) is 0.0823. The lowest BCUT2D eigenvalue weighted by Gasteiger charge is -2.26. The van der Waals surface area contributed by atoms with Crippen molar-refractivity contribution in [2.24, 2.45) is 11.5 Å². The summed E-state index contributed by atoms with van der Waals surface area (Å²) in [6.07, 6.45) is 4.66. The molecule has 0 radical (unpaired) electrons. The Morgan fingerprint density at radius 1 is 1.06 bits per heavy atom. The maximum Gasteiger partial charge on any atom is 0.247 e. The number of aryl methyl sites for hydroxylation is 3. The second-order valence-corrected chi connectivity index (χ2v) is 9.17. The zero-order chi connectivity index (χ0) is 24.1. The molecule has 8 nitrogen and oxygen atoms in total. The molecule has 6 N–H and O–H groups in total. The van der Waals surface area contributed by atoms with Crippen molar-refractivity contribution < 1.29 is 14.4 Å². The van der Waals surface area contributed by atoms with Gasteiger partial charge in [0.15, 0.2) is 0 Å². The molecule has 0 aromatic heterocycles. The molecule has 3 amide bonds. The normalized spacial score (nSPS) is 20.0. The van der Waals surface area contributed by atoms with E-state index in [2.05, 4.69) is 16.7 Å². The highest BCUT2D eigenvalue weighted by molar-refractivity contribution is 5.98. The van der Waals surface area contributed by atoms with Crippen LogP contribution in [0.3, 0.4) is 0 Å². The number of nitrogens with one attached hydrogen (secondary N) is 2. The molecule has 0 bridgehead atoms. The molecular weight excluding hydrogens is 430 g/mol.